The second-order valence-corrected chi connectivity index (χ2v) is 5.94. The van der Waals surface area contributed by atoms with E-state index in [1.54, 1.807) is 7.11 Å². The third kappa shape index (κ3) is 10.1. The van der Waals surface area contributed by atoms with Crippen molar-refractivity contribution in [1.29, 1.82) is 0 Å². The molecule has 5 nitrogen and oxygen atoms in total. The van der Waals surface area contributed by atoms with Gasteiger partial charge in [0.15, 0.2) is 0 Å². The maximum Gasteiger partial charge on any atom is 0.264 e. The van der Waals surface area contributed by atoms with Gasteiger partial charge in [-0.25, -0.2) is 0 Å². The first-order chi connectivity index (χ1) is 6.77. The molecule has 0 fully saturated rings. The minimum absolute atomic E-state index is 0.142. The summed E-state index contributed by atoms with van der Waals surface area (Å²) < 4.78 is 35.2. The van der Waals surface area contributed by atoms with E-state index in [1.807, 2.05) is 0 Å². The fourth-order valence-corrected chi connectivity index (χ4v) is 1.84. The molecular formula is C9H22NO4S+. The predicted octanol–water partition coefficient (Wildman–Crippen LogP) is 0.377. The van der Waals surface area contributed by atoms with E-state index < -0.39 is 10.1 Å². The highest BCUT2D eigenvalue weighted by molar-refractivity contribution is 7.85. The standard InChI is InChI=1S/C9H21NO4S/c1-10(2,7-8-14-3)6-4-5-9-15(11,12)13/h4-9H2,1-3H3/p+1. The highest BCUT2D eigenvalue weighted by atomic mass is 32.2. The number of likely N-dealkylation sites (N-methyl/N-ethyl adjacent to an activating group) is 1. The van der Waals surface area contributed by atoms with Crippen molar-refractivity contribution < 1.29 is 22.2 Å². The molecule has 0 aromatic carbocycles. The van der Waals surface area contributed by atoms with Crippen LogP contribution in [0, 0.1) is 0 Å². The molecule has 0 aromatic rings. The number of rotatable bonds is 8. The number of nitrogens with zero attached hydrogens (tertiary/aromatic N) is 1. The number of ether oxygens (including phenoxy) is 1. The Bertz CT molecular complexity index is 261. The summed E-state index contributed by atoms with van der Waals surface area (Å²) in [6, 6.07) is 0. The van der Waals surface area contributed by atoms with Gasteiger partial charge >= 0.3 is 0 Å². The van der Waals surface area contributed by atoms with Gasteiger partial charge in [-0.1, -0.05) is 0 Å². The number of quaternary nitrogens is 1. The molecule has 15 heavy (non-hydrogen) atoms. The van der Waals surface area contributed by atoms with E-state index in [0.29, 0.717) is 13.0 Å². The average Bonchev–Trinajstić information content (AvgIpc) is 2.08. The highest BCUT2D eigenvalue weighted by Crippen LogP contribution is 2.02. The van der Waals surface area contributed by atoms with Gasteiger partial charge in [0.2, 0.25) is 0 Å². The summed E-state index contributed by atoms with van der Waals surface area (Å²) in [7, 11) is 2.03. The molecule has 0 spiro atoms. The van der Waals surface area contributed by atoms with Crippen LogP contribution in [0.25, 0.3) is 0 Å². The Morgan fingerprint density at radius 3 is 2.27 bits per heavy atom. The number of hydrogen-bond donors (Lipinski definition) is 1. The summed E-state index contributed by atoms with van der Waals surface area (Å²) in [6.45, 7) is 2.49. The first kappa shape index (κ1) is 14.8. The Balaban J connectivity index is 3.66. The van der Waals surface area contributed by atoms with E-state index >= 15 is 0 Å². The molecule has 0 amide bonds. The zero-order valence-electron chi connectivity index (χ0n) is 9.77. The lowest BCUT2D eigenvalue weighted by Gasteiger charge is -2.29. The van der Waals surface area contributed by atoms with Crippen molar-refractivity contribution >= 4 is 10.1 Å². The SMILES string of the molecule is COCC[N+](C)(C)CCCCS(=O)(=O)O. The fraction of sp³-hybridized carbons (Fsp3) is 1.00. The third-order valence-corrected chi connectivity index (χ3v) is 3.12. The molecule has 0 rings (SSSR count). The lowest BCUT2D eigenvalue weighted by Crippen LogP contribution is -2.43. The monoisotopic (exact) mass is 240 g/mol. The van der Waals surface area contributed by atoms with Crippen LogP contribution in [-0.4, -0.2) is 64.1 Å². The summed E-state index contributed by atoms with van der Waals surface area (Å²) in [6.07, 6.45) is 1.30. The molecule has 0 aliphatic carbocycles. The van der Waals surface area contributed by atoms with Crippen LogP contribution in [0.1, 0.15) is 12.8 Å². The number of hydrogen-bond acceptors (Lipinski definition) is 3. The van der Waals surface area contributed by atoms with Crippen LogP contribution in [0.15, 0.2) is 0 Å². The zero-order valence-corrected chi connectivity index (χ0v) is 10.6. The van der Waals surface area contributed by atoms with Crippen LogP contribution in [0.4, 0.5) is 0 Å². The fourth-order valence-electron chi connectivity index (χ4n) is 1.27. The van der Waals surface area contributed by atoms with E-state index in [-0.39, 0.29) is 5.75 Å². The maximum absolute atomic E-state index is 10.5. The summed E-state index contributed by atoms with van der Waals surface area (Å²) in [5.41, 5.74) is 0. The van der Waals surface area contributed by atoms with Crippen LogP contribution in [0.3, 0.4) is 0 Å². The van der Waals surface area contributed by atoms with E-state index in [0.717, 1.165) is 24.0 Å². The van der Waals surface area contributed by atoms with E-state index in [2.05, 4.69) is 14.1 Å². The second-order valence-electron chi connectivity index (χ2n) is 4.37. The predicted molar refractivity (Wildman–Crippen MR) is 59.4 cm³/mol. The van der Waals surface area contributed by atoms with Crippen molar-refractivity contribution in [1.82, 2.24) is 0 Å². The number of methoxy groups -OCH3 is 1. The molecule has 0 aliphatic rings. The smallest absolute Gasteiger partial charge is 0.264 e. The van der Waals surface area contributed by atoms with E-state index in [1.165, 1.54) is 0 Å². The van der Waals surface area contributed by atoms with Crippen LogP contribution in [0.2, 0.25) is 0 Å². The van der Waals surface area contributed by atoms with E-state index in [9.17, 15) is 8.42 Å². The van der Waals surface area contributed by atoms with Gasteiger partial charge in [-0.15, -0.1) is 0 Å². The van der Waals surface area contributed by atoms with Crippen LogP contribution < -0.4 is 0 Å². The van der Waals surface area contributed by atoms with Gasteiger partial charge in [-0.2, -0.15) is 8.42 Å². The Labute approximate surface area is 92.4 Å². The molecular weight excluding hydrogens is 218 g/mol. The molecule has 0 aliphatic heterocycles. The molecule has 0 bridgehead atoms. The lowest BCUT2D eigenvalue weighted by molar-refractivity contribution is -0.890. The lowest BCUT2D eigenvalue weighted by atomic mass is 10.3. The van der Waals surface area contributed by atoms with Crippen molar-refractivity contribution in [3.8, 4) is 0 Å². The van der Waals surface area contributed by atoms with Crippen molar-refractivity contribution in [2.24, 2.45) is 0 Å². The van der Waals surface area contributed by atoms with Gasteiger partial charge < -0.3 is 9.22 Å². The van der Waals surface area contributed by atoms with Gasteiger partial charge in [-0.05, 0) is 12.8 Å². The minimum Gasteiger partial charge on any atom is -0.379 e. The molecule has 6 heteroatoms. The number of unbranched alkanes of at least 4 members (excludes halogenated alkanes) is 1. The third-order valence-electron chi connectivity index (χ3n) is 2.32. The Hall–Kier alpha value is -0.170. The molecule has 92 valence electrons. The Kier molecular flexibility index (Phi) is 6.35. The second kappa shape index (κ2) is 6.42. The summed E-state index contributed by atoms with van der Waals surface area (Å²) in [5.74, 6) is -0.142. The molecule has 0 heterocycles. The van der Waals surface area contributed by atoms with Crippen molar-refractivity contribution in [2.75, 3.05) is 46.7 Å². The molecule has 0 aromatic heterocycles. The summed E-state index contributed by atoms with van der Waals surface area (Å²) in [4.78, 5) is 0. The van der Waals surface area contributed by atoms with Gasteiger partial charge in [0.05, 0.1) is 33.0 Å². The molecule has 0 radical (unpaired) electrons. The topological polar surface area (TPSA) is 63.6 Å². The van der Waals surface area contributed by atoms with Crippen LogP contribution in [0.5, 0.6) is 0 Å². The first-order valence-electron chi connectivity index (χ1n) is 5.03. The van der Waals surface area contributed by atoms with Gasteiger partial charge in [0, 0.05) is 7.11 Å². The average molecular weight is 240 g/mol. The minimum atomic E-state index is -3.79. The highest BCUT2D eigenvalue weighted by Gasteiger charge is 2.14. The summed E-state index contributed by atoms with van der Waals surface area (Å²) in [5, 5.41) is 0. The van der Waals surface area contributed by atoms with Crippen LogP contribution in [-0.2, 0) is 14.9 Å². The first-order valence-corrected chi connectivity index (χ1v) is 6.64. The van der Waals surface area contributed by atoms with Crippen molar-refractivity contribution in [3.05, 3.63) is 0 Å². The Morgan fingerprint density at radius 2 is 1.80 bits per heavy atom. The zero-order chi connectivity index (χ0) is 11.9. The van der Waals surface area contributed by atoms with Gasteiger partial charge in [0.1, 0.15) is 6.54 Å². The van der Waals surface area contributed by atoms with Crippen molar-refractivity contribution in [2.45, 2.75) is 12.8 Å². The molecule has 0 unspecified atom stereocenters. The Morgan fingerprint density at radius 1 is 1.20 bits per heavy atom. The van der Waals surface area contributed by atoms with Crippen LogP contribution >= 0.6 is 0 Å². The molecule has 0 saturated heterocycles. The van der Waals surface area contributed by atoms with E-state index in [4.69, 9.17) is 9.29 Å². The molecule has 0 saturated carbocycles. The molecule has 1 N–H and O–H groups in total. The summed E-state index contributed by atoms with van der Waals surface area (Å²) >= 11 is 0. The van der Waals surface area contributed by atoms with Gasteiger partial charge in [-0.3, -0.25) is 4.55 Å². The van der Waals surface area contributed by atoms with Gasteiger partial charge in [0.25, 0.3) is 10.1 Å². The maximum atomic E-state index is 10.5. The van der Waals surface area contributed by atoms with Crippen molar-refractivity contribution in [3.63, 3.8) is 0 Å². The quantitative estimate of drug-likeness (QED) is 0.378. The molecule has 0 atom stereocenters. The largest absolute Gasteiger partial charge is 0.379 e. The normalized spacial score (nSPS) is 13.1.